The Hall–Kier alpha value is -0.740. The van der Waals surface area contributed by atoms with Crippen LogP contribution in [-0.4, -0.2) is 23.4 Å². The van der Waals surface area contributed by atoms with Gasteiger partial charge in [-0.3, -0.25) is 4.79 Å². The summed E-state index contributed by atoms with van der Waals surface area (Å²) in [6.07, 6.45) is 3.06. The van der Waals surface area contributed by atoms with Crippen molar-refractivity contribution in [2.24, 2.45) is 5.92 Å². The molecular formula is C15H19BrClNO2. The summed E-state index contributed by atoms with van der Waals surface area (Å²) in [4.78, 5) is 12.5. The molecule has 0 aromatic heterocycles. The zero-order valence-corrected chi connectivity index (χ0v) is 13.8. The lowest BCUT2D eigenvalue weighted by atomic mass is 10.1. The highest BCUT2D eigenvalue weighted by atomic mass is 79.9. The fourth-order valence-corrected chi connectivity index (χ4v) is 3.35. The Morgan fingerprint density at radius 3 is 3.00 bits per heavy atom. The first-order valence-electron chi connectivity index (χ1n) is 6.90. The fraction of sp³-hybridized carbons (Fsp3) is 0.533. The van der Waals surface area contributed by atoms with Crippen molar-refractivity contribution >= 4 is 33.4 Å². The highest BCUT2D eigenvalue weighted by Gasteiger charge is 2.26. The number of benzene rings is 1. The number of amides is 1. The molecule has 110 valence electrons. The second-order valence-electron chi connectivity index (χ2n) is 5.17. The molecule has 20 heavy (non-hydrogen) atoms. The van der Waals surface area contributed by atoms with Gasteiger partial charge < -0.3 is 10.1 Å². The minimum absolute atomic E-state index is 0.0865. The van der Waals surface area contributed by atoms with Crippen molar-refractivity contribution in [3.8, 4) is 5.75 Å². The summed E-state index contributed by atoms with van der Waals surface area (Å²) in [5, 5.41) is 3.56. The summed E-state index contributed by atoms with van der Waals surface area (Å²) in [6, 6.07) is 7.07. The van der Waals surface area contributed by atoms with Crippen molar-refractivity contribution in [2.75, 3.05) is 6.54 Å². The van der Waals surface area contributed by atoms with Gasteiger partial charge in [0, 0.05) is 16.4 Å². The fourth-order valence-electron chi connectivity index (χ4n) is 2.39. The van der Waals surface area contributed by atoms with Gasteiger partial charge in [0.25, 0.3) is 5.91 Å². The van der Waals surface area contributed by atoms with Crippen LogP contribution in [0.3, 0.4) is 0 Å². The minimum Gasteiger partial charge on any atom is -0.481 e. The second-order valence-corrected chi connectivity index (χ2v) is 6.78. The van der Waals surface area contributed by atoms with Gasteiger partial charge in [0.2, 0.25) is 0 Å². The van der Waals surface area contributed by atoms with Gasteiger partial charge in [0.15, 0.2) is 6.10 Å². The van der Waals surface area contributed by atoms with Crippen LogP contribution in [0.4, 0.5) is 0 Å². The van der Waals surface area contributed by atoms with Crippen molar-refractivity contribution in [3.05, 3.63) is 29.3 Å². The van der Waals surface area contributed by atoms with Crippen LogP contribution in [0.2, 0.25) is 5.02 Å². The summed E-state index contributed by atoms with van der Waals surface area (Å²) in [5.74, 6) is 1.05. The smallest absolute Gasteiger partial charge is 0.260 e. The Kier molecular flexibility index (Phi) is 5.73. The third-order valence-corrected chi connectivity index (χ3v) is 5.02. The van der Waals surface area contributed by atoms with E-state index in [2.05, 4.69) is 21.2 Å². The molecule has 0 spiro atoms. The molecule has 0 bridgehead atoms. The highest BCUT2D eigenvalue weighted by molar-refractivity contribution is 9.09. The molecule has 0 aliphatic heterocycles. The molecule has 3 atom stereocenters. The first-order valence-corrected chi connectivity index (χ1v) is 8.19. The van der Waals surface area contributed by atoms with Crippen LogP contribution in [-0.2, 0) is 4.79 Å². The van der Waals surface area contributed by atoms with Gasteiger partial charge in [-0.05, 0) is 43.9 Å². The van der Waals surface area contributed by atoms with Gasteiger partial charge in [-0.2, -0.15) is 0 Å². The molecule has 1 saturated carbocycles. The Balaban J connectivity index is 1.80. The molecule has 1 amide bonds. The van der Waals surface area contributed by atoms with Crippen molar-refractivity contribution in [3.63, 3.8) is 0 Å². The van der Waals surface area contributed by atoms with E-state index in [0.29, 0.717) is 28.1 Å². The molecule has 1 fully saturated rings. The van der Waals surface area contributed by atoms with Gasteiger partial charge in [-0.25, -0.2) is 0 Å². The number of alkyl halides is 1. The summed E-state index contributed by atoms with van der Waals surface area (Å²) in [5.41, 5.74) is 0. The highest BCUT2D eigenvalue weighted by Crippen LogP contribution is 2.30. The molecule has 1 N–H and O–H groups in total. The summed E-state index contributed by atoms with van der Waals surface area (Å²) in [7, 11) is 0. The first kappa shape index (κ1) is 15.6. The van der Waals surface area contributed by atoms with Gasteiger partial charge in [-0.15, -0.1) is 0 Å². The Bertz CT molecular complexity index is 469. The van der Waals surface area contributed by atoms with Crippen molar-refractivity contribution in [2.45, 2.75) is 37.1 Å². The molecule has 1 aromatic carbocycles. The SMILES string of the molecule is CC(Oc1cccc(Cl)c1)C(=O)NCC1CCCC1Br. The Morgan fingerprint density at radius 2 is 2.35 bits per heavy atom. The number of hydrogen-bond donors (Lipinski definition) is 1. The molecule has 5 heteroatoms. The zero-order valence-electron chi connectivity index (χ0n) is 11.4. The van der Waals surface area contributed by atoms with E-state index in [9.17, 15) is 4.79 Å². The maximum Gasteiger partial charge on any atom is 0.260 e. The average molecular weight is 361 g/mol. The van der Waals surface area contributed by atoms with Gasteiger partial charge >= 0.3 is 0 Å². The molecule has 1 aliphatic carbocycles. The third kappa shape index (κ3) is 4.38. The summed E-state index contributed by atoms with van der Waals surface area (Å²) < 4.78 is 5.59. The van der Waals surface area contributed by atoms with Crippen LogP contribution < -0.4 is 10.1 Å². The normalized spacial score (nSPS) is 23.4. The molecule has 1 aromatic rings. The third-order valence-electron chi connectivity index (χ3n) is 3.58. The predicted molar refractivity (Wildman–Crippen MR) is 84.6 cm³/mol. The van der Waals surface area contributed by atoms with Crippen LogP contribution in [0, 0.1) is 5.92 Å². The lowest BCUT2D eigenvalue weighted by Gasteiger charge is -2.18. The number of rotatable bonds is 5. The number of carbonyl (C=O) groups excluding carboxylic acids is 1. The average Bonchev–Trinajstić information content (AvgIpc) is 2.81. The van der Waals surface area contributed by atoms with E-state index in [1.807, 2.05) is 0 Å². The van der Waals surface area contributed by atoms with Crippen LogP contribution >= 0.6 is 27.5 Å². The van der Waals surface area contributed by atoms with Crippen molar-refractivity contribution in [1.29, 1.82) is 0 Å². The van der Waals surface area contributed by atoms with E-state index in [1.54, 1.807) is 31.2 Å². The van der Waals surface area contributed by atoms with Crippen LogP contribution in [0.5, 0.6) is 5.75 Å². The second kappa shape index (κ2) is 7.32. The van der Waals surface area contributed by atoms with Crippen LogP contribution in [0.25, 0.3) is 0 Å². The molecule has 3 unspecified atom stereocenters. The lowest BCUT2D eigenvalue weighted by molar-refractivity contribution is -0.127. The number of nitrogens with one attached hydrogen (secondary N) is 1. The number of carbonyl (C=O) groups is 1. The largest absolute Gasteiger partial charge is 0.481 e. The Morgan fingerprint density at radius 1 is 1.55 bits per heavy atom. The zero-order chi connectivity index (χ0) is 14.5. The number of hydrogen-bond acceptors (Lipinski definition) is 2. The molecule has 1 aliphatic rings. The van der Waals surface area contributed by atoms with Gasteiger partial charge in [0.05, 0.1) is 0 Å². The van der Waals surface area contributed by atoms with Gasteiger partial charge in [0.1, 0.15) is 5.75 Å². The van der Waals surface area contributed by atoms with E-state index in [0.717, 1.165) is 0 Å². The van der Waals surface area contributed by atoms with Crippen molar-refractivity contribution < 1.29 is 9.53 Å². The van der Waals surface area contributed by atoms with E-state index in [4.69, 9.17) is 16.3 Å². The standard InChI is InChI=1S/C15H19BrClNO2/c1-10(20-13-6-3-5-12(17)8-13)15(19)18-9-11-4-2-7-14(11)16/h3,5-6,8,10-11,14H,2,4,7,9H2,1H3,(H,18,19). The van der Waals surface area contributed by atoms with Gasteiger partial charge in [-0.1, -0.05) is 40.0 Å². The van der Waals surface area contributed by atoms with Crippen molar-refractivity contribution in [1.82, 2.24) is 5.32 Å². The molecule has 0 radical (unpaired) electrons. The number of ether oxygens (including phenoxy) is 1. The van der Waals surface area contributed by atoms with E-state index in [1.165, 1.54) is 19.3 Å². The topological polar surface area (TPSA) is 38.3 Å². The maximum absolute atomic E-state index is 12.0. The lowest BCUT2D eigenvalue weighted by Crippen LogP contribution is -2.39. The van der Waals surface area contributed by atoms with E-state index in [-0.39, 0.29) is 5.91 Å². The summed E-state index contributed by atoms with van der Waals surface area (Å²) in [6.45, 7) is 2.45. The molecule has 2 rings (SSSR count). The van der Waals surface area contributed by atoms with Crippen LogP contribution in [0.1, 0.15) is 26.2 Å². The molecular weight excluding hydrogens is 342 g/mol. The molecule has 3 nitrogen and oxygen atoms in total. The van der Waals surface area contributed by atoms with Crippen LogP contribution in [0.15, 0.2) is 24.3 Å². The Labute approximate surface area is 133 Å². The molecule has 0 heterocycles. The minimum atomic E-state index is -0.524. The maximum atomic E-state index is 12.0. The quantitative estimate of drug-likeness (QED) is 0.811. The number of halogens is 2. The summed E-state index contributed by atoms with van der Waals surface area (Å²) >= 11 is 9.54. The van der Waals surface area contributed by atoms with E-state index < -0.39 is 6.10 Å². The first-order chi connectivity index (χ1) is 9.56. The molecule has 0 saturated heterocycles. The monoisotopic (exact) mass is 359 g/mol. The predicted octanol–water partition coefficient (Wildman–Crippen LogP) is 3.79. The van der Waals surface area contributed by atoms with E-state index >= 15 is 0 Å².